The molecule has 1 aliphatic heterocycles. The van der Waals surface area contributed by atoms with Crippen LogP contribution in [0.1, 0.15) is 12.0 Å². The molecule has 0 bridgehead atoms. The monoisotopic (exact) mass is 481 g/mol. The standard InChI is InChI=1S/C25H24FN3O4S/c26-20-6-10-22(11-7-20)29-17-19(16-24(29)30)25(31)28-21-8-12-23(13-9-21)34(32,33)27-15-14-18-4-2-1-3-5-18/h1-13,19,27H,14-17H2,(H,28,31). The predicted octanol–water partition coefficient (Wildman–Crippen LogP) is 3.34. The molecule has 1 saturated heterocycles. The van der Waals surface area contributed by atoms with Crippen molar-refractivity contribution in [2.45, 2.75) is 17.7 Å². The van der Waals surface area contributed by atoms with E-state index in [1.807, 2.05) is 30.3 Å². The van der Waals surface area contributed by atoms with Gasteiger partial charge in [0.25, 0.3) is 0 Å². The molecule has 1 unspecified atom stereocenters. The molecule has 0 saturated carbocycles. The molecular weight excluding hydrogens is 457 g/mol. The molecule has 2 amide bonds. The summed E-state index contributed by atoms with van der Waals surface area (Å²) < 4.78 is 40.8. The van der Waals surface area contributed by atoms with E-state index < -0.39 is 21.8 Å². The van der Waals surface area contributed by atoms with Crippen molar-refractivity contribution in [1.82, 2.24) is 4.72 Å². The second-order valence-electron chi connectivity index (χ2n) is 8.03. The van der Waals surface area contributed by atoms with Gasteiger partial charge in [-0.15, -0.1) is 0 Å². The lowest BCUT2D eigenvalue weighted by Gasteiger charge is -2.16. The van der Waals surface area contributed by atoms with Crippen molar-refractivity contribution in [3.8, 4) is 0 Å². The lowest BCUT2D eigenvalue weighted by atomic mass is 10.1. The molecule has 0 radical (unpaired) electrons. The highest BCUT2D eigenvalue weighted by molar-refractivity contribution is 7.89. The Balaban J connectivity index is 1.32. The zero-order valence-electron chi connectivity index (χ0n) is 18.3. The molecule has 0 aromatic heterocycles. The van der Waals surface area contributed by atoms with Gasteiger partial charge in [-0.3, -0.25) is 9.59 Å². The molecule has 176 valence electrons. The number of sulfonamides is 1. The second-order valence-corrected chi connectivity index (χ2v) is 9.80. The Morgan fingerprint density at radius 2 is 1.65 bits per heavy atom. The summed E-state index contributed by atoms with van der Waals surface area (Å²) in [6, 6.07) is 21.0. The highest BCUT2D eigenvalue weighted by Crippen LogP contribution is 2.26. The topological polar surface area (TPSA) is 95.6 Å². The van der Waals surface area contributed by atoms with Crippen LogP contribution < -0.4 is 14.9 Å². The van der Waals surface area contributed by atoms with Gasteiger partial charge in [0.2, 0.25) is 21.8 Å². The lowest BCUT2D eigenvalue weighted by Crippen LogP contribution is -2.28. The highest BCUT2D eigenvalue weighted by atomic mass is 32.2. The molecular formula is C25H24FN3O4S. The van der Waals surface area contributed by atoms with Gasteiger partial charge in [-0.25, -0.2) is 17.5 Å². The number of nitrogens with zero attached hydrogens (tertiary/aromatic N) is 1. The van der Waals surface area contributed by atoms with E-state index in [0.717, 1.165) is 5.56 Å². The summed E-state index contributed by atoms with van der Waals surface area (Å²) >= 11 is 0. The number of benzene rings is 3. The van der Waals surface area contributed by atoms with E-state index in [4.69, 9.17) is 0 Å². The number of carbonyl (C=O) groups is 2. The van der Waals surface area contributed by atoms with E-state index in [9.17, 15) is 22.4 Å². The van der Waals surface area contributed by atoms with Gasteiger partial charge in [0, 0.05) is 30.9 Å². The van der Waals surface area contributed by atoms with Crippen molar-refractivity contribution in [3.63, 3.8) is 0 Å². The Kier molecular flexibility index (Phi) is 7.04. The number of halogens is 1. The van der Waals surface area contributed by atoms with Crippen LogP contribution in [-0.2, 0) is 26.0 Å². The van der Waals surface area contributed by atoms with E-state index in [1.165, 1.54) is 53.4 Å². The minimum absolute atomic E-state index is 0.0427. The molecule has 0 spiro atoms. The van der Waals surface area contributed by atoms with E-state index in [1.54, 1.807) is 0 Å². The first kappa shape index (κ1) is 23.6. The number of nitrogens with one attached hydrogen (secondary N) is 2. The molecule has 9 heteroatoms. The van der Waals surface area contributed by atoms with Gasteiger partial charge in [-0.05, 0) is 60.5 Å². The average molecular weight is 482 g/mol. The van der Waals surface area contributed by atoms with Gasteiger partial charge in [0.05, 0.1) is 10.8 Å². The van der Waals surface area contributed by atoms with Crippen molar-refractivity contribution < 1.29 is 22.4 Å². The molecule has 3 aromatic carbocycles. The largest absolute Gasteiger partial charge is 0.326 e. The van der Waals surface area contributed by atoms with Crippen molar-refractivity contribution in [1.29, 1.82) is 0 Å². The summed E-state index contributed by atoms with van der Waals surface area (Å²) in [5.74, 6) is -1.52. The van der Waals surface area contributed by atoms with Crippen LogP contribution in [0.25, 0.3) is 0 Å². The van der Waals surface area contributed by atoms with Crippen LogP contribution in [0.4, 0.5) is 15.8 Å². The molecule has 34 heavy (non-hydrogen) atoms. The summed E-state index contributed by atoms with van der Waals surface area (Å²) in [5, 5.41) is 2.74. The fourth-order valence-electron chi connectivity index (χ4n) is 3.77. The number of amides is 2. The third kappa shape index (κ3) is 5.67. The van der Waals surface area contributed by atoms with Gasteiger partial charge in [-0.2, -0.15) is 0 Å². The quantitative estimate of drug-likeness (QED) is 0.516. The van der Waals surface area contributed by atoms with E-state index in [2.05, 4.69) is 10.0 Å². The Labute approximate surface area is 197 Å². The van der Waals surface area contributed by atoms with Crippen LogP contribution in [0.5, 0.6) is 0 Å². The summed E-state index contributed by atoms with van der Waals surface area (Å²) in [5.41, 5.74) is 2.00. The minimum atomic E-state index is -3.68. The number of carbonyl (C=O) groups excluding carboxylic acids is 2. The van der Waals surface area contributed by atoms with Crippen molar-refractivity contribution in [2.24, 2.45) is 5.92 Å². The van der Waals surface area contributed by atoms with E-state index in [-0.39, 0.29) is 36.2 Å². The summed E-state index contributed by atoms with van der Waals surface area (Å²) in [7, 11) is -3.68. The zero-order chi connectivity index (χ0) is 24.1. The Morgan fingerprint density at radius 3 is 2.32 bits per heavy atom. The van der Waals surface area contributed by atoms with E-state index in [0.29, 0.717) is 17.8 Å². The summed E-state index contributed by atoms with van der Waals surface area (Å²) in [4.78, 5) is 26.6. The minimum Gasteiger partial charge on any atom is -0.326 e. The molecule has 7 nitrogen and oxygen atoms in total. The normalized spacial score (nSPS) is 16.0. The molecule has 2 N–H and O–H groups in total. The first-order valence-corrected chi connectivity index (χ1v) is 12.3. The molecule has 1 atom stereocenters. The molecule has 0 aliphatic carbocycles. The van der Waals surface area contributed by atoms with Gasteiger partial charge in [-0.1, -0.05) is 30.3 Å². The first-order valence-electron chi connectivity index (χ1n) is 10.8. The maximum Gasteiger partial charge on any atom is 0.240 e. The molecule has 4 rings (SSSR count). The Bertz CT molecular complexity index is 1260. The maximum absolute atomic E-state index is 13.1. The van der Waals surface area contributed by atoms with Gasteiger partial charge >= 0.3 is 0 Å². The number of rotatable bonds is 8. The van der Waals surface area contributed by atoms with Crippen LogP contribution in [0.3, 0.4) is 0 Å². The first-order chi connectivity index (χ1) is 16.3. The lowest BCUT2D eigenvalue weighted by molar-refractivity contribution is -0.122. The number of hydrogen-bond acceptors (Lipinski definition) is 4. The van der Waals surface area contributed by atoms with Crippen molar-refractivity contribution in [3.05, 3.63) is 90.2 Å². The van der Waals surface area contributed by atoms with Crippen LogP contribution in [-0.4, -0.2) is 33.3 Å². The second kappa shape index (κ2) is 10.1. The predicted molar refractivity (Wildman–Crippen MR) is 127 cm³/mol. The fourth-order valence-corrected chi connectivity index (χ4v) is 4.81. The van der Waals surface area contributed by atoms with Gasteiger partial charge in [0.15, 0.2) is 0 Å². The van der Waals surface area contributed by atoms with Crippen molar-refractivity contribution >= 4 is 33.2 Å². The van der Waals surface area contributed by atoms with Crippen LogP contribution in [0.2, 0.25) is 0 Å². The van der Waals surface area contributed by atoms with Crippen LogP contribution in [0.15, 0.2) is 83.8 Å². The van der Waals surface area contributed by atoms with Crippen molar-refractivity contribution in [2.75, 3.05) is 23.3 Å². The molecule has 1 heterocycles. The average Bonchev–Trinajstić information content (AvgIpc) is 3.22. The van der Waals surface area contributed by atoms with Gasteiger partial charge in [0.1, 0.15) is 5.82 Å². The summed E-state index contributed by atoms with van der Waals surface area (Å²) in [6.07, 6.45) is 0.615. The Morgan fingerprint density at radius 1 is 0.971 bits per heavy atom. The molecule has 1 fully saturated rings. The Hall–Kier alpha value is -3.56. The van der Waals surface area contributed by atoms with Crippen LogP contribution in [0, 0.1) is 11.7 Å². The third-order valence-electron chi connectivity index (χ3n) is 5.61. The number of hydrogen-bond donors (Lipinski definition) is 2. The van der Waals surface area contributed by atoms with Gasteiger partial charge < -0.3 is 10.2 Å². The SMILES string of the molecule is O=C(Nc1ccc(S(=O)(=O)NCCc2ccccc2)cc1)C1CC(=O)N(c2ccc(F)cc2)C1. The van der Waals surface area contributed by atoms with Crippen LogP contribution >= 0.6 is 0 Å². The maximum atomic E-state index is 13.1. The fraction of sp³-hybridized carbons (Fsp3) is 0.200. The molecule has 3 aromatic rings. The molecule has 1 aliphatic rings. The third-order valence-corrected chi connectivity index (χ3v) is 7.09. The smallest absolute Gasteiger partial charge is 0.240 e. The highest BCUT2D eigenvalue weighted by Gasteiger charge is 2.35. The zero-order valence-corrected chi connectivity index (χ0v) is 19.1. The van der Waals surface area contributed by atoms with E-state index >= 15 is 0 Å². The summed E-state index contributed by atoms with van der Waals surface area (Å²) in [6.45, 7) is 0.458. The number of anilines is 2.